The van der Waals surface area contributed by atoms with Gasteiger partial charge in [-0.25, -0.2) is 4.98 Å². The standard InChI is InChI=1S/C9H13N5O4/c15-7(1-2-14-6-10-5-13-14)11-3-8(16)12-4-9(17)18/h5-6H,1-4H2,(H,11,15)(H,12,16)(H,17,18). The molecule has 0 radical (unpaired) electrons. The van der Waals surface area contributed by atoms with E-state index in [0.29, 0.717) is 6.54 Å². The lowest BCUT2D eigenvalue weighted by Crippen LogP contribution is -2.39. The van der Waals surface area contributed by atoms with Crippen molar-refractivity contribution in [2.75, 3.05) is 13.1 Å². The van der Waals surface area contributed by atoms with E-state index in [0.717, 1.165) is 0 Å². The van der Waals surface area contributed by atoms with Gasteiger partial charge in [-0.3, -0.25) is 19.1 Å². The van der Waals surface area contributed by atoms with Gasteiger partial charge in [0.1, 0.15) is 19.2 Å². The van der Waals surface area contributed by atoms with Crippen LogP contribution in [0.1, 0.15) is 6.42 Å². The van der Waals surface area contributed by atoms with Gasteiger partial charge in [0.15, 0.2) is 0 Å². The normalized spacial score (nSPS) is 9.78. The molecule has 0 saturated heterocycles. The fourth-order valence-corrected chi connectivity index (χ4v) is 1.07. The molecular formula is C9H13N5O4. The third kappa shape index (κ3) is 5.58. The first-order valence-corrected chi connectivity index (χ1v) is 5.15. The number of carbonyl (C=O) groups excluding carboxylic acids is 2. The van der Waals surface area contributed by atoms with Gasteiger partial charge >= 0.3 is 5.97 Å². The lowest BCUT2D eigenvalue weighted by atomic mass is 10.4. The molecule has 0 aromatic carbocycles. The highest BCUT2D eigenvalue weighted by atomic mass is 16.4. The summed E-state index contributed by atoms with van der Waals surface area (Å²) in [6.07, 6.45) is 3.00. The van der Waals surface area contributed by atoms with Crippen LogP contribution in [0, 0.1) is 0 Å². The minimum atomic E-state index is -1.14. The molecule has 0 bridgehead atoms. The Labute approximate surface area is 102 Å². The maximum atomic E-state index is 11.3. The number of aryl methyl sites for hydroxylation is 1. The second-order valence-electron chi connectivity index (χ2n) is 3.36. The lowest BCUT2D eigenvalue weighted by Gasteiger charge is -2.05. The van der Waals surface area contributed by atoms with Crippen LogP contribution in [0.5, 0.6) is 0 Å². The second kappa shape index (κ2) is 6.99. The van der Waals surface area contributed by atoms with Crippen molar-refractivity contribution in [3.63, 3.8) is 0 Å². The van der Waals surface area contributed by atoms with Crippen LogP contribution in [-0.2, 0) is 20.9 Å². The fourth-order valence-electron chi connectivity index (χ4n) is 1.07. The van der Waals surface area contributed by atoms with Gasteiger partial charge in [0.2, 0.25) is 11.8 Å². The van der Waals surface area contributed by atoms with Crippen LogP contribution in [0.2, 0.25) is 0 Å². The summed E-state index contributed by atoms with van der Waals surface area (Å²) in [7, 11) is 0. The van der Waals surface area contributed by atoms with Crippen LogP contribution < -0.4 is 10.6 Å². The molecule has 1 aromatic rings. The Morgan fingerprint density at radius 3 is 2.50 bits per heavy atom. The number of rotatable bonds is 7. The number of hydrogen-bond donors (Lipinski definition) is 3. The molecule has 2 amide bonds. The molecule has 3 N–H and O–H groups in total. The number of hydrogen-bond acceptors (Lipinski definition) is 5. The molecule has 1 aromatic heterocycles. The van der Waals surface area contributed by atoms with Gasteiger partial charge in [-0.05, 0) is 0 Å². The predicted molar refractivity (Wildman–Crippen MR) is 58.3 cm³/mol. The third-order valence-electron chi connectivity index (χ3n) is 1.92. The third-order valence-corrected chi connectivity index (χ3v) is 1.92. The molecule has 0 aliphatic carbocycles. The van der Waals surface area contributed by atoms with E-state index in [1.54, 1.807) is 0 Å². The minimum Gasteiger partial charge on any atom is -0.480 e. The summed E-state index contributed by atoms with van der Waals surface area (Å²) in [5, 5.41) is 16.6. The van der Waals surface area contributed by atoms with E-state index in [4.69, 9.17) is 5.11 Å². The number of nitrogens with zero attached hydrogens (tertiary/aromatic N) is 3. The van der Waals surface area contributed by atoms with Crippen molar-refractivity contribution in [1.82, 2.24) is 25.4 Å². The number of carboxylic acid groups (broad SMARTS) is 1. The summed E-state index contributed by atoms with van der Waals surface area (Å²) in [6, 6.07) is 0. The van der Waals surface area contributed by atoms with Crippen LogP contribution in [0.4, 0.5) is 0 Å². The van der Waals surface area contributed by atoms with Gasteiger partial charge in [-0.1, -0.05) is 0 Å². The molecular weight excluding hydrogens is 242 g/mol. The first-order valence-electron chi connectivity index (χ1n) is 5.15. The van der Waals surface area contributed by atoms with Gasteiger partial charge in [0.05, 0.1) is 13.1 Å². The van der Waals surface area contributed by atoms with Crippen LogP contribution in [0.3, 0.4) is 0 Å². The zero-order chi connectivity index (χ0) is 13.4. The Morgan fingerprint density at radius 2 is 1.89 bits per heavy atom. The summed E-state index contributed by atoms with van der Waals surface area (Å²) in [5.74, 6) is -2.01. The van der Waals surface area contributed by atoms with Gasteiger partial charge in [-0.15, -0.1) is 0 Å². The molecule has 0 fully saturated rings. The van der Waals surface area contributed by atoms with Gasteiger partial charge < -0.3 is 15.7 Å². The van der Waals surface area contributed by atoms with E-state index in [1.165, 1.54) is 17.3 Å². The van der Waals surface area contributed by atoms with Gasteiger partial charge in [-0.2, -0.15) is 5.10 Å². The second-order valence-corrected chi connectivity index (χ2v) is 3.36. The minimum absolute atomic E-state index is 0.162. The van der Waals surface area contributed by atoms with Crippen molar-refractivity contribution in [2.24, 2.45) is 0 Å². The van der Waals surface area contributed by atoms with Gasteiger partial charge in [0, 0.05) is 6.42 Å². The lowest BCUT2D eigenvalue weighted by molar-refractivity contribution is -0.137. The molecule has 1 rings (SSSR count). The van der Waals surface area contributed by atoms with Crippen molar-refractivity contribution < 1.29 is 19.5 Å². The van der Waals surface area contributed by atoms with Crippen LogP contribution in [-0.4, -0.2) is 50.7 Å². The number of aromatic nitrogens is 3. The summed E-state index contributed by atoms with van der Waals surface area (Å²) >= 11 is 0. The maximum Gasteiger partial charge on any atom is 0.322 e. The molecule has 18 heavy (non-hydrogen) atoms. The van der Waals surface area contributed by atoms with Crippen molar-refractivity contribution in [2.45, 2.75) is 13.0 Å². The monoisotopic (exact) mass is 255 g/mol. The Morgan fingerprint density at radius 1 is 1.17 bits per heavy atom. The van der Waals surface area contributed by atoms with Crippen molar-refractivity contribution in [3.8, 4) is 0 Å². The molecule has 0 unspecified atom stereocenters. The van der Waals surface area contributed by atoms with Crippen LogP contribution in [0.25, 0.3) is 0 Å². The average Bonchev–Trinajstić information content (AvgIpc) is 2.84. The Hall–Kier alpha value is -2.45. The van der Waals surface area contributed by atoms with E-state index in [1.807, 2.05) is 0 Å². The van der Waals surface area contributed by atoms with E-state index in [9.17, 15) is 14.4 Å². The summed E-state index contributed by atoms with van der Waals surface area (Å²) in [4.78, 5) is 36.3. The zero-order valence-electron chi connectivity index (χ0n) is 9.50. The Bertz CT molecular complexity index is 417. The maximum absolute atomic E-state index is 11.3. The SMILES string of the molecule is O=C(O)CNC(=O)CNC(=O)CCn1cncn1. The highest BCUT2D eigenvalue weighted by molar-refractivity contribution is 5.86. The van der Waals surface area contributed by atoms with Crippen LogP contribution in [0.15, 0.2) is 12.7 Å². The first kappa shape index (κ1) is 13.6. The van der Waals surface area contributed by atoms with E-state index in [-0.39, 0.29) is 18.9 Å². The summed E-state index contributed by atoms with van der Waals surface area (Å²) < 4.78 is 1.49. The molecule has 0 spiro atoms. The smallest absolute Gasteiger partial charge is 0.322 e. The first-order chi connectivity index (χ1) is 8.58. The Kier molecular flexibility index (Phi) is 5.29. The highest BCUT2D eigenvalue weighted by Crippen LogP contribution is 1.86. The highest BCUT2D eigenvalue weighted by Gasteiger charge is 2.06. The molecule has 0 aliphatic rings. The number of amides is 2. The molecule has 1 heterocycles. The van der Waals surface area contributed by atoms with Crippen molar-refractivity contribution >= 4 is 17.8 Å². The topological polar surface area (TPSA) is 126 Å². The summed E-state index contributed by atoms with van der Waals surface area (Å²) in [5.41, 5.74) is 0. The molecule has 0 atom stereocenters. The Balaban J connectivity index is 2.13. The number of carbonyl (C=O) groups is 3. The zero-order valence-corrected chi connectivity index (χ0v) is 9.50. The summed E-state index contributed by atoms with van der Waals surface area (Å²) in [6.45, 7) is -0.348. The fraction of sp³-hybridized carbons (Fsp3) is 0.444. The van der Waals surface area contributed by atoms with Crippen LogP contribution >= 0.6 is 0 Å². The molecule has 98 valence electrons. The van der Waals surface area contributed by atoms with Gasteiger partial charge in [0.25, 0.3) is 0 Å². The van der Waals surface area contributed by atoms with E-state index >= 15 is 0 Å². The van der Waals surface area contributed by atoms with Crippen molar-refractivity contribution in [1.29, 1.82) is 0 Å². The number of carboxylic acids is 1. The van der Waals surface area contributed by atoms with E-state index < -0.39 is 18.4 Å². The number of nitrogens with one attached hydrogen (secondary N) is 2. The number of aliphatic carboxylic acids is 1. The van der Waals surface area contributed by atoms with E-state index in [2.05, 4.69) is 20.7 Å². The average molecular weight is 255 g/mol. The van der Waals surface area contributed by atoms with Crippen molar-refractivity contribution in [3.05, 3.63) is 12.7 Å². The molecule has 0 aliphatic heterocycles. The largest absolute Gasteiger partial charge is 0.480 e. The predicted octanol–water partition coefficient (Wildman–Crippen LogP) is -2.01. The molecule has 9 heteroatoms. The molecule has 9 nitrogen and oxygen atoms in total. The quantitative estimate of drug-likeness (QED) is 0.516. The molecule has 0 saturated carbocycles.